The lowest BCUT2D eigenvalue weighted by Crippen LogP contribution is -2.42. The number of hydrogen-bond donors (Lipinski definition) is 2. The number of carbonyl (C=O) groups excluding carboxylic acids is 2. The molecule has 10 heteroatoms. The highest BCUT2D eigenvalue weighted by Crippen LogP contribution is 2.39. The summed E-state index contributed by atoms with van der Waals surface area (Å²) in [5.74, 6) is -0.183. The molecule has 1 aromatic rings. The second kappa shape index (κ2) is 10.5. The first-order valence-electron chi connectivity index (χ1n) is 11.7. The minimum absolute atomic E-state index is 0.00156. The molecule has 2 N–H and O–H groups in total. The Hall–Kier alpha value is -2.96. The Morgan fingerprint density at radius 3 is 2.44 bits per heavy atom. The van der Waals surface area contributed by atoms with Crippen molar-refractivity contribution in [3.8, 4) is 6.07 Å². The van der Waals surface area contributed by atoms with Crippen molar-refractivity contribution in [2.45, 2.75) is 45.8 Å². The quantitative estimate of drug-likeness (QED) is 0.676. The fourth-order valence-corrected chi connectivity index (χ4v) is 5.04. The smallest absolute Gasteiger partial charge is 0.372 e. The van der Waals surface area contributed by atoms with E-state index in [2.05, 4.69) is 10.6 Å². The highest BCUT2D eigenvalue weighted by Gasteiger charge is 2.44. The van der Waals surface area contributed by atoms with Crippen molar-refractivity contribution in [1.82, 2.24) is 15.5 Å². The largest absolute Gasteiger partial charge is 0.417 e. The molecular formula is C24H32F3N5O2. The topological polar surface area (TPSA) is 88.5 Å². The van der Waals surface area contributed by atoms with Gasteiger partial charge in [-0.2, -0.15) is 18.4 Å². The summed E-state index contributed by atoms with van der Waals surface area (Å²) in [6, 6.07) is 5.25. The van der Waals surface area contributed by atoms with Crippen LogP contribution in [0, 0.1) is 29.1 Å². The summed E-state index contributed by atoms with van der Waals surface area (Å²) < 4.78 is 40.1. The predicted octanol–water partition coefficient (Wildman–Crippen LogP) is 3.60. The van der Waals surface area contributed by atoms with Gasteiger partial charge in [-0.1, -0.05) is 0 Å². The van der Waals surface area contributed by atoms with Gasteiger partial charge in [0.05, 0.1) is 23.1 Å². The van der Waals surface area contributed by atoms with Crippen LogP contribution in [-0.2, 0) is 11.0 Å². The Labute approximate surface area is 198 Å². The highest BCUT2D eigenvalue weighted by atomic mass is 19.4. The first-order valence-corrected chi connectivity index (χ1v) is 11.7. The maximum absolute atomic E-state index is 13.4. The Kier molecular flexibility index (Phi) is 7.95. The second-order valence-corrected chi connectivity index (χ2v) is 9.34. The average Bonchev–Trinajstić information content (AvgIpc) is 3.24. The molecule has 0 radical (unpaired) electrons. The maximum atomic E-state index is 13.4. The molecule has 0 aliphatic carbocycles. The standard InChI is InChI=1S/C24H32F3N5O2/c1-4-29-22(33)20-14-32(23(34)30-15(2)3)13-19(20)16-7-9-31(10-8-16)18-6-5-17(12-28)21(11-18)24(25,26)27/h5-6,11,15-16,19-20H,4,7-10,13-14H2,1-3H3,(H,29,33)(H,30,34). The fraction of sp³-hybridized carbons (Fsp3) is 0.625. The van der Waals surface area contributed by atoms with Crippen LogP contribution in [-0.4, -0.2) is 55.6 Å². The van der Waals surface area contributed by atoms with Gasteiger partial charge >= 0.3 is 12.2 Å². The van der Waals surface area contributed by atoms with Gasteiger partial charge in [0.1, 0.15) is 0 Å². The van der Waals surface area contributed by atoms with Crippen LogP contribution in [0.15, 0.2) is 18.2 Å². The zero-order chi connectivity index (χ0) is 25.0. The number of nitrogens with zero attached hydrogens (tertiary/aromatic N) is 3. The third-order valence-corrected chi connectivity index (χ3v) is 6.69. The van der Waals surface area contributed by atoms with Crippen LogP contribution in [0.2, 0.25) is 0 Å². The Balaban J connectivity index is 1.72. The molecule has 2 saturated heterocycles. The van der Waals surface area contributed by atoms with Crippen LogP contribution in [0.25, 0.3) is 0 Å². The number of rotatable bonds is 5. The molecular weight excluding hydrogens is 447 g/mol. The zero-order valence-corrected chi connectivity index (χ0v) is 19.8. The third kappa shape index (κ3) is 5.75. The normalized spacial score (nSPS) is 21.5. The minimum Gasteiger partial charge on any atom is -0.372 e. The highest BCUT2D eigenvalue weighted by molar-refractivity contribution is 5.82. The number of piperidine rings is 1. The molecule has 0 spiro atoms. The molecule has 34 heavy (non-hydrogen) atoms. The molecule has 0 bridgehead atoms. The van der Waals surface area contributed by atoms with E-state index in [1.807, 2.05) is 25.7 Å². The number of nitrogens with one attached hydrogen (secondary N) is 2. The Bertz CT molecular complexity index is 936. The zero-order valence-electron chi connectivity index (χ0n) is 19.8. The van der Waals surface area contributed by atoms with E-state index in [9.17, 15) is 22.8 Å². The van der Waals surface area contributed by atoms with Crippen molar-refractivity contribution in [1.29, 1.82) is 5.26 Å². The van der Waals surface area contributed by atoms with Crippen LogP contribution >= 0.6 is 0 Å². The van der Waals surface area contributed by atoms with E-state index < -0.39 is 11.7 Å². The van der Waals surface area contributed by atoms with Crippen LogP contribution in [0.4, 0.5) is 23.7 Å². The van der Waals surface area contributed by atoms with Gasteiger partial charge in [-0.15, -0.1) is 0 Å². The summed E-state index contributed by atoms with van der Waals surface area (Å²) in [5, 5.41) is 14.8. The third-order valence-electron chi connectivity index (χ3n) is 6.69. The van der Waals surface area contributed by atoms with E-state index in [0.29, 0.717) is 51.3 Å². The number of hydrogen-bond acceptors (Lipinski definition) is 4. The van der Waals surface area contributed by atoms with Crippen LogP contribution in [0.3, 0.4) is 0 Å². The summed E-state index contributed by atoms with van der Waals surface area (Å²) in [6.07, 6.45) is -3.17. The number of likely N-dealkylation sites (tertiary alicyclic amines) is 1. The number of amides is 3. The molecule has 3 rings (SSSR count). The average molecular weight is 480 g/mol. The molecule has 2 aliphatic rings. The Morgan fingerprint density at radius 1 is 1.21 bits per heavy atom. The molecule has 3 amide bonds. The SMILES string of the molecule is CCNC(=O)C1CN(C(=O)NC(C)C)CC1C1CCN(c2ccc(C#N)c(C(F)(F)F)c2)CC1. The molecule has 0 aromatic heterocycles. The second-order valence-electron chi connectivity index (χ2n) is 9.34. The van der Waals surface area contributed by atoms with Crippen molar-refractivity contribution in [2.24, 2.45) is 17.8 Å². The number of carbonyl (C=O) groups is 2. The van der Waals surface area contributed by atoms with Crippen molar-refractivity contribution >= 4 is 17.6 Å². The maximum Gasteiger partial charge on any atom is 0.417 e. The Morgan fingerprint density at radius 2 is 1.88 bits per heavy atom. The van der Waals surface area contributed by atoms with E-state index in [1.165, 1.54) is 6.07 Å². The van der Waals surface area contributed by atoms with Crippen molar-refractivity contribution in [3.05, 3.63) is 29.3 Å². The first kappa shape index (κ1) is 25.7. The van der Waals surface area contributed by atoms with Gasteiger partial charge in [-0.05, 0) is 63.6 Å². The van der Waals surface area contributed by atoms with E-state index in [4.69, 9.17) is 5.26 Å². The van der Waals surface area contributed by atoms with Crippen molar-refractivity contribution in [3.63, 3.8) is 0 Å². The fourth-order valence-electron chi connectivity index (χ4n) is 5.04. The van der Waals surface area contributed by atoms with Gasteiger partial charge in [0.2, 0.25) is 5.91 Å². The lowest BCUT2D eigenvalue weighted by molar-refractivity contribution is -0.137. The van der Waals surface area contributed by atoms with E-state index in [1.54, 1.807) is 17.0 Å². The first-order chi connectivity index (χ1) is 16.0. The summed E-state index contributed by atoms with van der Waals surface area (Å²) >= 11 is 0. The molecule has 2 fully saturated rings. The van der Waals surface area contributed by atoms with Gasteiger partial charge in [0.25, 0.3) is 0 Å². The molecule has 7 nitrogen and oxygen atoms in total. The number of urea groups is 1. The van der Waals surface area contributed by atoms with Crippen LogP contribution in [0.1, 0.15) is 44.7 Å². The molecule has 2 aliphatic heterocycles. The van der Waals surface area contributed by atoms with E-state index in [-0.39, 0.29) is 41.3 Å². The van der Waals surface area contributed by atoms with E-state index in [0.717, 1.165) is 6.07 Å². The number of anilines is 1. The molecule has 2 unspecified atom stereocenters. The van der Waals surface area contributed by atoms with Gasteiger partial charge in [-0.3, -0.25) is 4.79 Å². The van der Waals surface area contributed by atoms with E-state index >= 15 is 0 Å². The van der Waals surface area contributed by atoms with Gasteiger partial charge in [0, 0.05) is 44.5 Å². The van der Waals surface area contributed by atoms with Crippen molar-refractivity contribution in [2.75, 3.05) is 37.6 Å². The molecule has 186 valence electrons. The lowest BCUT2D eigenvalue weighted by Gasteiger charge is -2.37. The van der Waals surface area contributed by atoms with Gasteiger partial charge < -0.3 is 20.4 Å². The summed E-state index contributed by atoms with van der Waals surface area (Å²) in [4.78, 5) is 28.9. The monoisotopic (exact) mass is 479 g/mol. The molecule has 1 aromatic carbocycles. The molecule has 2 heterocycles. The van der Waals surface area contributed by atoms with Crippen molar-refractivity contribution < 1.29 is 22.8 Å². The van der Waals surface area contributed by atoms with Crippen LogP contribution in [0.5, 0.6) is 0 Å². The predicted molar refractivity (Wildman–Crippen MR) is 122 cm³/mol. The summed E-state index contributed by atoms with van der Waals surface area (Å²) in [6.45, 7) is 8.08. The lowest BCUT2D eigenvalue weighted by atomic mass is 9.78. The summed E-state index contributed by atoms with van der Waals surface area (Å²) in [5.41, 5.74) is -0.871. The number of halogens is 3. The molecule has 0 saturated carbocycles. The number of benzene rings is 1. The molecule has 2 atom stereocenters. The van der Waals surface area contributed by atoms with Gasteiger partial charge in [0.15, 0.2) is 0 Å². The summed E-state index contributed by atoms with van der Waals surface area (Å²) in [7, 11) is 0. The number of nitriles is 1. The number of alkyl halides is 3. The minimum atomic E-state index is -4.59. The van der Waals surface area contributed by atoms with Gasteiger partial charge in [-0.25, -0.2) is 4.79 Å². The van der Waals surface area contributed by atoms with Crippen LogP contribution < -0.4 is 15.5 Å².